The van der Waals surface area contributed by atoms with Crippen molar-refractivity contribution in [2.75, 3.05) is 38.8 Å². The Bertz CT molecular complexity index is 1470. The number of rotatable bonds is 15. The van der Waals surface area contributed by atoms with Crippen molar-refractivity contribution in [2.45, 2.75) is 104 Å². The first kappa shape index (κ1) is 41.0. The number of fused-ring (bicyclic) bond motifs is 2. The molecular formula is C36H58N6O7S. The lowest BCUT2D eigenvalue weighted by Crippen LogP contribution is -2.62. The summed E-state index contributed by atoms with van der Waals surface area (Å²) in [4.78, 5) is 71.3. The molecule has 0 aromatic heterocycles. The fourth-order valence-electron chi connectivity index (χ4n) is 7.51. The molecule has 3 fully saturated rings. The average Bonchev–Trinajstić information content (AvgIpc) is 3.56. The summed E-state index contributed by atoms with van der Waals surface area (Å²) < 4.78 is 23.8. The van der Waals surface area contributed by atoms with Gasteiger partial charge in [-0.05, 0) is 67.2 Å². The molecule has 5 amide bonds. The van der Waals surface area contributed by atoms with Crippen molar-refractivity contribution in [1.29, 1.82) is 0 Å². The minimum Gasteiger partial charge on any atom is -0.346 e. The van der Waals surface area contributed by atoms with Crippen LogP contribution in [0.5, 0.6) is 0 Å². The number of Topliss-reactive ketones (excluding diaryl/α,β-unsaturated/α-hetero) is 1. The van der Waals surface area contributed by atoms with Crippen molar-refractivity contribution >= 4 is 39.4 Å². The zero-order valence-corrected chi connectivity index (χ0v) is 31.9. The van der Waals surface area contributed by atoms with E-state index in [1.54, 1.807) is 16.8 Å². The van der Waals surface area contributed by atoms with Crippen molar-refractivity contribution in [3.63, 3.8) is 0 Å². The Kier molecular flexibility index (Phi) is 13.0. The molecule has 0 aromatic rings. The minimum absolute atomic E-state index is 0.0575. The molecule has 0 aromatic carbocycles. The number of nitrogens with one attached hydrogen (secondary N) is 4. The predicted molar refractivity (Wildman–Crippen MR) is 192 cm³/mol. The number of carbonyl (C=O) groups is 5. The van der Waals surface area contributed by atoms with Crippen LogP contribution in [0.15, 0.2) is 12.7 Å². The van der Waals surface area contributed by atoms with E-state index in [0.29, 0.717) is 6.54 Å². The monoisotopic (exact) mass is 718 g/mol. The van der Waals surface area contributed by atoms with E-state index in [2.05, 4.69) is 33.8 Å². The largest absolute Gasteiger partial charge is 0.346 e. The number of urea groups is 1. The van der Waals surface area contributed by atoms with Crippen LogP contribution >= 0.6 is 0 Å². The highest BCUT2D eigenvalue weighted by Gasteiger charge is 2.64. The smallest absolute Gasteiger partial charge is 0.315 e. The first-order valence-corrected chi connectivity index (χ1v) is 19.5. The van der Waals surface area contributed by atoms with E-state index in [0.717, 1.165) is 31.9 Å². The van der Waals surface area contributed by atoms with Gasteiger partial charge in [0, 0.05) is 38.4 Å². The zero-order chi connectivity index (χ0) is 37.8. The van der Waals surface area contributed by atoms with Gasteiger partial charge in [-0.15, -0.1) is 18.9 Å². The second kappa shape index (κ2) is 15.8. The lowest BCUT2D eigenvalue weighted by atomic mass is 9.85. The molecular weight excluding hydrogens is 660 g/mol. The maximum absolute atomic E-state index is 14.6. The third kappa shape index (κ3) is 10.3. The molecule has 6 atom stereocenters. The van der Waals surface area contributed by atoms with Gasteiger partial charge < -0.3 is 26.2 Å². The zero-order valence-electron chi connectivity index (χ0n) is 31.1. The molecule has 1 heterocycles. The fraction of sp³-hybridized carbons (Fsp3) is 0.750. The van der Waals surface area contributed by atoms with Crippen LogP contribution < -0.4 is 21.3 Å². The molecule has 280 valence electrons. The summed E-state index contributed by atoms with van der Waals surface area (Å²) in [6, 6.07) is -4.15. The Morgan fingerprint density at radius 2 is 1.68 bits per heavy atom. The van der Waals surface area contributed by atoms with Crippen LogP contribution in [0.4, 0.5) is 4.79 Å². The van der Waals surface area contributed by atoms with Crippen LogP contribution in [0.25, 0.3) is 0 Å². The second-order valence-corrected chi connectivity index (χ2v) is 18.8. The van der Waals surface area contributed by atoms with Crippen LogP contribution in [0.2, 0.25) is 0 Å². The van der Waals surface area contributed by atoms with Crippen molar-refractivity contribution < 1.29 is 32.4 Å². The summed E-state index contributed by atoms with van der Waals surface area (Å²) in [5.41, 5.74) is -1.13. The third-order valence-corrected chi connectivity index (χ3v) is 11.3. The molecule has 13 nitrogen and oxygen atoms in total. The lowest BCUT2D eigenvalue weighted by molar-refractivity contribution is -0.144. The summed E-state index contributed by atoms with van der Waals surface area (Å²) >= 11 is 0. The highest BCUT2D eigenvalue weighted by Crippen LogP contribution is 2.66. The standard InChI is InChI=1S/C36H58N6O7S/c1-11-13-14-25(28(43)31(45)37-19-12-2)38-30(44)27-23-15-16-36(17-18-36)24(23)20-42(27)32(46)29(35(6,7)8)40-33(47)39-26(34(3,4)5)21-41(9)22-50(10,48)49/h1,12,23-27,29H,2,13-22H2,3-10H3,(H,37,45)(H,38,44)(H2,39,40,47)/t23-,24-,25?,26+,27?,29+/m0/s1. The molecule has 1 aliphatic heterocycles. The van der Waals surface area contributed by atoms with Crippen LogP contribution in [0.1, 0.15) is 80.1 Å². The summed E-state index contributed by atoms with van der Waals surface area (Å²) in [6.45, 7) is 15.5. The van der Waals surface area contributed by atoms with E-state index in [1.807, 2.05) is 41.5 Å². The number of amides is 5. The van der Waals surface area contributed by atoms with Gasteiger partial charge in [-0.3, -0.25) is 24.1 Å². The average molecular weight is 719 g/mol. The van der Waals surface area contributed by atoms with Crippen molar-refractivity contribution in [3.05, 3.63) is 12.7 Å². The fourth-order valence-corrected chi connectivity index (χ4v) is 8.42. The van der Waals surface area contributed by atoms with Gasteiger partial charge in [-0.1, -0.05) is 47.6 Å². The lowest BCUT2D eigenvalue weighted by Gasteiger charge is -2.38. The Morgan fingerprint density at radius 3 is 2.20 bits per heavy atom. The normalized spacial score (nSPS) is 22.9. The summed E-state index contributed by atoms with van der Waals surface area (Å²) in [5.74, 6) is -0.362. The van der Waals surface area contributed by atoms with Crippen molar-refractivity contribution in [1.82, 2.24) is 31.1 Å². The number of hydrogen-bond acceptors (Lipinski definition) is 8. The van der Waals surface area contributed by atoms with Gasteiger partial charge in [0.05, 0.1) is 6.04 Å². The van der Waals surface area contributed by atoms with E-state index in [1.165, 1.54) is 6.08 Å². The highest BCUT2D eigenvalue weighted by atomic mass is 32.2. The van der Waals surface area contributed by atoms with Gasteiger partial charge >= 0.3 is 6.03 Å². The molecule has 3 aliphatic rings. The van der Waals surface area contributed by atoms with Crippen molar-refractivity contribution in [2.24, 2.45) is 28.1 Å². The Morgan fingerprint density at radius 1 is 1.04 bits per heavy atom. The third-order valence-electron chi connectivity index (χ3n) is 10.4. The Hall–Kier alpha value is -3.44. The van der Waals surface area contributed by atoms with E-state index >= 15 is 0 Å². The number of carbonyl (C=O) groups excluding carboxylic acids is 5. The predicted octanol–water partition coefficient (Wildman–Crippen LogP) is 1.84. The van der Waals surface area contributed by atoms with E-state index in [-0.39, 0.29) is 49.1 Å². The minimum atomic E-state index is -3.29. The highest BCUT2D eigenvalue weighted by molar-refractivity contribution is 7.90. The molecule has 1 saturated heterocycles. The number of hydrogen-bond donors (Lipinski definition) is 4. The van der Waals surface area contributed by atoms with Gasteiger partial charge in [-0.25, -0.2) is 13.2 Å². The molecule has 2 saturated carbocycles. The van der Waals surface area contributed by atoms with Crippen molar-refractivity contribution in [3.8, 4) is 12.3 Å². The number of ketones is 1. The number of likely N-dealkylation sites (N-methyl/N-ethyl adjacent to an activating group) is 1. The Balaban J connectivity index is 1.88. The molecule has 2 unspecified atom stereocenters. The summed E-state index contributed by atoms with van der Waals surface area (Å²) in [6.07, 6.45) is 12.0. The second-order valence-electron chi connectivity index (χ2n) is 16.7. The van der Waals surface area contributed by atoms with E-state index in [9.17, 15) is 32.4 Å². The SMILES string of the molecule is C#CCCC(NC(=O)C1[C@H]2CCC3(CC3)[C@H]2CN1C(=O)[C@@H](NC(=O)N[C@H](CN(C)CS(C)(=O)=O)C(C)(C)C)C(C)(C)C)C(=O)C(=O)NCC=C. The molecule has 0 radical (unpaired) electrons. The maximum atomic E-state index is 14.6. The first-order chi connectivity index (χ1) is 23.0. The number of likely N-dealkylation sites (tertiary alicyclic amines) is 1. The number of nitrogens with zero attached hydrogens (tertiary/aromatic N) is 2. The maximum Gasteiger partial charge on any atom is 0.315 e. The number of sulfone groups is 1. The quantitative estimate of drug-likeness (QED) is 0.113. The molecule has 1 spiro atoms. The Labute approximate surface area is 298 Å². The van der Waals surface area contributed by atoms with Gasteiger partial charge in [0.15, 0.2) is 9.84 Å². The van der Waals surface area contributed by atoms with E-state index < -0.39 is 74.4 Å². The van der Waals surface area contributed by atoms with Crippen LogP contribution in [0, 0.1) is 40.4 Å². The molecule has 2 aliphatic carbocycles. The first-order valence-electron chi connectivity index (χ1n) is 17.4. The molecule has 14 heteroatoms. The van der Waals surface area contributed by atoms with Crippen LogP contribution in [-0.2, 0) is 29.0 Å². The van der Waals surface area contributed by atoms with Gasteiger partial charge in [0.2, 0.25) is 17.6 Å². The van der Waals surface area contributed by atoms with Crippen LogP contribution in [-0.4, -0.2) is 111 Å². The topological polar surface area (TPSA) is 174 Å². The van der Waals surface area contributed by atoms with E-state index in [4.69, 9.17) is 6.42 Å². The van der Waals surface area contributed by atoms with Gasteiger partial charge in [-0.2, -0.15) is 0 Å². The van der Waals surface area contributed by atoms with Gasteiger partial charge in [0.25, 0.3) is 5.91 Å². The number of terminal acetylenes is 1. The molecule has 0 bridgehead atoms. The summed E-state index contributed by atoms with van der Waals surface area (Å²) in [7, 11) is -1.62. The molecule has 4 N–H and O–H groups in total. The molecule has 3 rings (SSSR count). The van der Waals surface area contributed by atoms with Gasteiger partial charge in [0.1, 0.15) is 18.0 Å². The molecule has 50 heavy (non-hydrogen) atoms. The summed E-state index contributed by atoms with van der Waals surface area (Å²) in [5, 5.41) is 11.1. The van der Waals surface area contributed by atoms with Crippen LogP contribution in [0.3, 0.4) is 0 Å².